The summed E-state index contributed by atoms with van der Waals surface area (Å²) < 4.78 is 11.4. The summed E-state index contributed by atoms with van der Waals surface area (Å²) in [7, 11) is 1.71. The molecule has 0 bridgehead atoms. The first-order chi connectivity index (χ1) is 15.4. The second-order valence-corrected chi connectivity index (χ2v) is 10.3. The van der Waals surface area contributed by atoms with Crippen LogP contribution in [0.5, 0.6) is 5.75 Å². The average molecular weight is 441 g/mol. The van der Waals surface area contributed by atoms with E-state index in [1.54, 1.807) is 7.11 Å². The molecule has 0 amide bonds. The highest BCUT2D eigenvalue weighted by atomic mass is 16.6. The van der Waals surface area contributed by atoms with Crippen molar-refractivity contribution in [1.82, 2.24) is 4.90 Å². The molecule has 1 saturated carbocycles. The summed E-state index contributed by atoms with van der Waals surface area (Å²) in [6, 6.07) is 8.13. The van der Waals surface area contributed by atoms with Gasteiger partial charge in [0.1, 0.15) is 11.9 Å². The molecule has 0 aromatic heterocycles. The van der Waals surface area contributed by atoms with Crippen molar-refractivity contribution >= 4 is 11.7 Å². The summed E-state index contributed by atoms with van der Waals surface area (Å²) in [5, 5.41) is 11.6. The van der Waals surface area contributed by atoms with E-state index in [-0.39, 0.29) is 29.3 Å². The van der Waals surface area contributed by atoms with Gasteiger partial charge in [0, 0.05) is 50.5 Å². The Bertz CT molecular complexity index is 894. The molecule has 6 heteroatoms. The van der Waals surface area contributed by atoms with E-state index in [0.29, 0.717) is 12.5 Å². The lowest BCUT2D eigenvalue weighted by Crippen LogP contribution is -2.55. The number of aliphatic hydroxyl groups excluding tert-OH is 1. The number of nitrogens with zero attached hydrogens (tertiary/aromatic N) is 2. The number of carbonyl (C=O) groups is 1. The largest absolute Gasteiger partial charge is 0.495 e. The summed E-state index contributed by atoms with van der Waals surface area (Å²) in [5.74, 6) is 0.825. The molecular weight excluding hydrogens is 404 g/mol. The zero-order valence-electron chi connectivity index (χ0n) is 19.5. The first-order valence-electron chi connectivity index (χ1n) is 12.1. The first kappa shape index (κ1) is 21.8. The molecule has 2 aliphatic heterocycles. The summed E-state index contributed by atoms with van der Waals surface area (Å²) in [6.07, 6.45) is 4.52. The van der Waals surface area contributed by atoms with Crippen LogP contribution >= 0.6 is 0 Å². The van der Waals surface area contributed by atoms with Gasteiger partial charge in [0.15, 0.2) is 0 Å². The lowest BCUT2D eigenvalue weighted by Gasteiger charge is -2.52. The number of allylic oxidation sites excluding steroid dienone is 1. The molecule has 5 rings (SSSR count). The van der Waals surface area contributed by atoms with Gasteiger partial charge in [0.05, 0.1) is 24.8 Å². The summed E-state index contributed by atoms with van der Waals surface area (Å²) in [4.78, 5) is 17.6. The Balaban J connectivity index is 1.28. The van der Waals surface area contributed by atoms with Crippen LogP contribution in [0.25, 0.3) is 0 Å². The van der Waals surface area contributed by atoms with Gasteiger partial charge in [-0.15, -0.1) is 0 Å². The number of rotatable bonds is 4. The van der Waals surface area contributed by atoms with Crippen LogP contribution in [0.4, 0.5) is 5.69 Å². The third-order valence-corrected chi connectivity index (χ3v) is 8.82. The highest BCUT2D eigenvalue weighted by molar-refractivity contribution is 5.76. The maximum Gasteiger partial charge on any atom is 0.311 e. The van der Waals surface area contributed by atoms with E-state index in [1.165, 1.54) is 5.57 Å². The highest BCUT2D eigenvalue weighted by Crippen LogP contribution is 2.56. The van der Waals surface area contributed by atoms with Crippen molar-refractivity contribution in [3.8, 4) is 5.75 Å². The summed E-state index contributed by atoms with van der Waals surface area (Å²) in [5.41, 5.74) is 2.17. The topological polar surface area (TPSA) is 62.2 Å². The average Bonchev–Trinajstić information content (AvgIpc) is 3.11. The number of fused-ring (bicyclic) bond motifs is 2. The number of ether oxygens (including phenoxy) is 2. The third kappa shape index (κ3) is 3.43. The number of aliphatic hydroxyl groups is 1. The van der Waals surface area contributed by atoms with Crippen molar-refractivity contribution in [3.63, 3.8) is 0 Å². The number of carbonyl (C=O) groups excluding carboxylic acids is 1. The minimum absolute atomic E-state index is 0.113. The quantitative estimate of drug-likeness (QED) is 0.574. The van der Waals surface area contributed by atoms with Gasteiger partial charge in [-0.2, -0.15) is 0 Å². The molecule has 4 aliphatic rings. The van der Waals surface area contributed by atoms with Gasteiger partial charge in [-0.3, -0.25) is 9.69 Å². The predicted octanol–water partition coefficient (Wildman–Crippen LogP) is 3.10. The lowest BCUT2D eigenvalue weighted by atomic mass is 9.55. The van der Waals surface area contributed by atoms with Crippen LogP contribution in [0.1, 0.15) is 33.1 Å². The maximum atomic E-state index is 12.9. The molecular formula is C26H36N2O4. The molecule has 3 fully saturated rings. The van der Waals surface area contributed by atoms with Gasteiger partial charge in [0.2, 0.25) is 0 Å². The third-order valence-electron chi connectivity index (χ3n) is 8.82. The monoisotopic (exact) mass is 440 g/mol. The van der Waals surface area contributed by atoms with Crippen LogP contribution < -0.4 is 9.64 Å². The predicted molar refractivity (Wildman–Crippen MR) is 124 cm³/mol. The fourth-order valence-corrected chi connectivity index (χ4v) is 6.61. The van der Waals surface area contributed by atoms with E-state index in [4.69, 9.17) is 9.47 Å². The van der Waals surface area contributed by atoms with Crippen molar-refractivity contribution in [1.29, 1.82) is 0 Å². The van der Waals surface area contributed by atoms with Crippen molar-refractivity contribution in [2.45, 2.75) is 45.3 Å². The SMILES string of the molecule is COc1ccccc1N1CCN(C[C@@H]2C(=O)O[C@@H]3CC4=CCC[C@H](C)[C@@]4(C)[C@H](O)[C@H]23)CC1. The number of anilines is 1. The number of methoxy groups -OCH3 is 1. The second-order valence-electron chi connectivity index (χ2n) is 10.3. The van der Waals surface area contributed by atoms with Crippen LogP contribution in [0.15, 0.2) is 35.9 Å². The fraction of sp³-hybridized carbons (Fsp3) is 0.654. The number of para-hydroxylation sites is 2. The normalized spacial score (nSPS) is 37.4. The van der Waals surface area contributed by atoms with E-state index >= 15 is 0 Å². The highest BCUT2D eigenvalue weighted by Gasteiger charge is 2.59. The van der Waals surface area contributed by atoms with E-state index in [9.17, 15) is 9.90 Å². The molecule has 6 nitrogen and oxygen atoms in total. The fourth-order valence-electron chi connectivity index (χ4n) is 6.61. The Kier molecular flexibility index (Phi) is 5.70. The van der Waals surface area contributed by atoms with Gasteiger partial charge in [-0.25, -0.2) is 0 Å². The molecule has 6 atom stereocenters. The van der Waals surface area contributed by atoms with Gasteiger partial charge in [0.25, 0.3) is 0 Å². The zero-order chi connectivity index (χ0) is 22.5. The Morgan fingerprint density at radius 3 is 2.72 bits per heavy atom. The smallest absolute Gasteiger partial charge is 0.311 e. The number of benzene rings is 1. The van der Waals surface area contributed by atoms with Gasteiger partial charge < -0.3 is 19.5 Å². The lowest BCUT2D eigenvalue weighted by molar-refractivity contribution is -0.145. The Hall–Kier alpha value is -2.05. The second kappa shape index (κ2) is 8.38. The minimum atomic E-state index is -0.533. The van der Waals surface area contributed by atoms with Crippen molar-refractivity contribution in [3.05, 3.63) is 35.9 Å². The number of hydrogen-bond donors (Lipinski definition) is 1. The molecule has 1 N–H and O–H groups in total. The Morgan fingerprint density at radius 2 is 1.97 bits per heavy atom. The van der Waals surface area contributed by atoms with Crippen LogP contribution in [-0.4, -0.2) is 68.0 Å². The first-order valence-corrected chi connectivity index (χ1v) is 12.1. The molecule has 2 aliphatic carbocycles. The van der Waals surface area contributed by atoms with Crippen LogP contribution in [0, 0.1) is 23.2 Å². The van der Waals surface area contributed by atoms with Gasteiger partial charge in [-0.1, -0.05) is 37.6 Å². The van der Waals surface area contributed by atoms with Gasteiger partial charge in [-0.05, 0) is 30.9 Å². The molecule has 0 radical (unpaired) electrons. The van der Waals surface area contributed by atoms with Crippen molar-refractivity contribution in [2.75, 3.05) is 44.7 Å². The Morgan fingerprint density at radius 1 is 1.22 bits per heavy atom. The van der Waals surface area contributed by atoms with Gasteiger partial charge >= 0.3 is 5.97 Å². The molecule has 0 spiro atoms. The number of esters is 1. The van der Waals surface area contributed by atoms with E-state index in [2.05, 4.69) is 35.8 Å². The molecule has 174 valence electrons. The number of hydrogen-bond acceptors (Lipinski definition) is 6. The minimum Gasteiger partial charge on any atom is -0.495 e. The number of piperazine rings is 1. The van der Waals surface area contributed by atoms with Crippen molar-refractivity contribution < 1.29 is 19.4 Å². The molecule has 32 heavy (non-hydrogen) atoms. The maximum absolute atomic E-state index is 12.9. The summed E-state index contributed by atoms with van der Waals surface area (Å²) in [6.45, 7) is 8.67. The van der Waals surface area contributed by atoms with E-state index in [1.807, 2.05) is 18.2 Å². The zero-order valence-corrected chi connectivity index (χ0v) is 19.5. The van der Waals surface area contributed by atoms with Crippen LogP contribution in [-0.2, 0) is 9.53 Å². The molecule has 1 aromatic rings. The Labute approximate surface area is 191 Å². The van der Waals surface area contributed by atoms with E-state index < -0.39 is 6.10 Å². The standard InChI is InChI=1S/C26H36N2O4/c1-17-7-6-8-18-15-22-23(24(29)26(17,18)2)19(25(30)32-22)16-27-11-13-28(14-12-27)20-9-4-5-10-21(20)31-3/h4-5,8-10,17,19,22-24,29H,6-7,11-16H2,1-3H3/t17-,19-,22+,23+,24+,26+/m0/s1. The molecule has 2 saturated heterocycles. The summed E-state index contributed by atoms with van der Waals surface area (Å²) >= 11 is 0. The van der Waals surface area contributed by atoms with Crippen molar-refractivity contribution in [2.24, 2.45) is 23.2 Å². The molecule has 0 unspecified atom stereocenters. The van der Waals surface area contributed by atoms with Crippen LogP contribution in [0.3, 0.4) is 0 Å². The molecule has 2 heterocycles. The molecule has 1 aromatic carbocycles. The van der Waals surface area contributed by atoms with E-state index in [0.717, 1.165) is 56.9 Å². The van der Waals surface area contributed by atoms with Crippen LogP contribution in [0.2, 0.25) is 0 Å².